The van der Waals surface area contributed by atoms with Gasteiger partial charge in [-0.25, -0.2) is 5.01 Å². The number of carbonyl (C=O) groups excluding carboxylic acids is 2. The lowest BCUT2D eigenvalue weighted by Gasteiger charge is -2.18. The first-order chi connectivity index (χ1) is 9.60. The summed E-state index contributed by atoms with van der Waals surface area (Å²) >= 11 is 0. The fourth-order valence-corrected chi connectivity index (χ4v) is 1.86. The Morgan fingerprint density at radius 2 is 2.05 bits per heavy atom. The van der Waals surface area contributed by atoms with Crippen LogP contribution in [0.15, 0.2) is 29.4 Å². The third kappa shape index (κ3) is 3.34. The summed E-state index contributed by atoms with van der Waals surface area (Å²) in [7, 11) is 3.16. The second kappa shape index (κ2) is 6.18. The van der Waals surface area contributed by atoms with E-state index in [4.69, 9.17) is 4.74 Å². The molecule has 0 spiro atoms. The molecule has 2 rings (SSSR count). The van der Waals surface area contributed by atoms with Gasteiger partial charge in [0.05, 0.1) is 7.11 Å². The Labute approximate surface area is 117 Å². The molecular formula is C14H17N3O3. The Morgan fingerprint density at radius 3 is 2.65 bits per heavy atom. The Balaban J connectivity index is 1.91. The van der Waals surface area contributed by atoms with Gasteiger partial charge in [-0.2, -0.15) is 5.10 Å². The molecule has 1 heterocycles. The van der Waals surface area contributed by atoms with Crippen molar-refractivity contribution in [1.29, 1.82) is 0 Å². The monoisotopic (exact) mass is 275 g/mol. The molecule has 0 saturated carbocycles. The van der Waals surface area contributed by atoms with E-state index in [0.717, 1.165) is 11.3 Å². The van der Waals surface area contributed by atoms with Crippen LogP contribution in [0.1, 0.15) is 18.4 Å². The number of hydrogen-bond donors (Lipinski definition) is 1. The number of hydrogen-bond acceptors (Lipinski definition) is 4. The van der Waals surface area contributed by atoms with Crippen molar-refractivity contribution in [3.63, 3.8) is 0 Å². The molecule has 0 bridgehead atoms. The van der Waals surface area contributed by atoms with Gasteiger partial charge in [0.1, 0.15) is 11.5 Å². The number of carbonyl (C=O) groups is 2. The molecule has 0 aromatic heterocycles. The molecule has 0 radical (unpaired) electrons. The highest BCUT2D eigenvalue weighted by atomic mass is 16.5. The predicted molar refractivity (Wildman–Crippen MR) is 74.3 cm³/mol. The van der Waals surface area contributed by atoms with E-state index in [1.54, 1.807) is 14.2 Å². The van der Waals surface area contributed by atoms with Gasteiger partial charge in [-0.05, 0) is 17.7 Å². The minimum absolute atomic E-state index is 0.0725. The zero-order valence-electron chi connectivity index (χ0n) is 11.5. The van der Waals surface area contributed by atoms with Crippen molar-refractivity contribution in [3.05, 3.63) is 29.8 Å². The predicted octanol–water partition coefficient (Wildman–Crippen LogP) is 0.920. The van der Waals surface area contributed by atoms with Gasteiger partial charge in [0.25, 0.3) is 5.91 Å². The van der Waals surface area contributed by atoms with Gasteiger partial charge in [0, 0.05) is 26.4 Å². The van der Waals surface area contributed by atoms with Crippen molar-refractivity contribution in [2.75, 3.05) is 14.2 Å². The Bertz CT molecular complexity index is 537. The summed E-state index contributed by atoms with van der Waals surface area (Å²) in [4.78, 5) is 23.2. The molecule has 1 aliphatic heterocycles. The van der Waals surface area contributed by atoms with Gasteiger partial charge < -0.3 is 10.1 Å². The molecular weight excluding hydrogens is 258 g/mol. The van der Waals surface area contributed by atoms with Gasteiger partial charge in [0.15, 0.2) is 0 Å². The van der Waals surface area contributed by atoms with Crippen LogP contribution in [0, 0.1) is 0 Å². The van der Waals surface area contributed by atoms with E-state index in [0.29, 0.717) is 25.1 Å². The highest BCUT2D eigenvalue weighted by molar-refractivity contribution is 6.39. The number of nitrogens with zero attached hydrogens (tertiary/aromatic N) is 2. The molecule has 0 unspecified atom stereocenters. The first-order valence-corrected chi connectivity index (χ1v) is 6.35. The largest absolute Gasteiger partial charge is 0.497 e. The minimum Gasteiger partial charge on any atom is -0.497 e. The summed E-state index contributed by atoms with van der Waals surface area (Å²) in [5, 5.41) is 7.98. The van der Waals surface area contributed by atoms with Crippen molar-refractivity contribution in [3.8, 4) is 5.75 Å². The van der Waals surface area contributed by atoms with Crippen LogP contribution in [0.5, 0.6) is 5.75 Å². The standard InChI is InChI=1S/C14H17N3O3/c1-17-13(18)8-7-12(16-17)14(19)15-9-10-3-5-11(20-2)6-4-10/h3-6H,7-9H2,1-2H3,(H,15,19). The maximum absolute atomic E-state index is 11.9. The summed E-state index contributed by atoms with van der Waals surface area (Å²) in [6.45, 7) is 0.416. The summed E-state index contributed by atoms with van der Waals surface area (Å²) in [5.41, 5.74) is 1.36. The zero-order valence-corrected chi connectivity index (χ0v) is 11.5. The number of amides is 2. The summed E-state index contributed by atoms with van der Waals surface area (Å²) < 4.78 is 5.07. The first-order valence-electron chi connectivity index (χ1n) is 6.35. The molecule has 0 fully saturated rings. The highest BCUT2D eigenvalue weighted by Gasteiger charge is 2.21. The SMILES string of the molecule is COc1ccc(CNC(=O)C2=NN(C)C(=O)CC2)cc1. The van der Waals surface area contributed by atoms with Crippen LogP contribution in [-0.4, -0.2) is 36.7 Å². The second-order valence-corrected chi connectivity index (χ2v) is 4.49. The number of ether oxygens (including phenoxy) is 1. The van der Waals surface area contributed by atoms with E-state index in [1.807, 2.05) is 24.3 Å². The topological polar surface area (TPSA) is 71.0 Å². The van der Waals surface area contributed by atoms with Gasteiger partial charge >= 0.3 is 0 Å². The van der Waals surface area contributed by atoms with Crippen molar-refractivity contribution in [2.45, 2.75) is 19.4 Å². The van der Waals surface area contributed by atoms with Crippen molar-refractivity contribution in [1.82, 2.24) is 10.3 Å². The smallest absolute Gasteiger partial charge is 0.267 e. The number of benzene rings is 1. The highest BCUT2D eigenvalue weighted by Crippen LogP contribution is 2.11. The fourth-order valence-electron chi connectivity index (χ4n) is 1.86. The number of nitrogens with one attached hydrogen (secondary N) is 1. The molecule has 6 heteroatoms. The van der Waals surface area contributed by atoms with Gasteiger partial charge in [-0.3, -0.25) is 9.59 Å². The molecule has 6 nitrogen and oxygen atoms in total. The third-order valence-corrected chi connectivity index (χ3v) is 3.08. The molecule has 20 heavy (non-hydrogen) atoms. The van der Waals surface area contributed by atoms with Crippen LogP contribution >= 0.6 is 0 Å². The average molecular weight is 275 g/mol. The number of hydrazone groups is 1. The summed E-state index contributed by atoms with van der Waals surface area (Å²) in [6.07, 6.45) is 0.711. The number of rotatable bonds is 4. The second-order valence-electron chi connectivity index (χ2n) is 4.49. The lowest BCUT2D eigenvalue weighted by Crippen LogP contribution is -2.37. The van der Waals surface area contributed by atoms with Crippen LogP contribution in [0.2, 0.25) is 0 Å². The van der Waals surface area contributed by atoms with Crippen molar-refractivity contribution in [2.24, 2.45) is 5.10 Å². The maximum atomic E-state index is 11.9. The zero-order chi connectivity index (χ0) is 14.5. The van der Waals surface area contributed by atoms with E-state index < -0.39 is 0 Å². The summed E-state index contributed by atoms with van der Waals surface area (Å²) in [6, 6.07) is 7.45. The molecule has 1 N–H and O–H groups in total. The molecule has 1 aliphatic rings. The normalized spacial score (nSPS) is 14.8. The lowest BCUT2D eigenvalue weighted by molar-refractivity contribution is -0.130. The van der Waals surface area contributed by atoms with E-state index in [-0.39, 0.29) is 11.8 Å². The van der Waals surface area contributed by atoms with Gasteiger partial charge in [0.2, 0.25) is 5.91 Å². The fraction of sp³-hybridized carbons (Fsp3) is 0.357. The van der Waals surface area contributed by atoms with Crippen LogP contribution in [0.3, 0.4) is 0 Å². The first kappa shape index (κ1) is 14.0. The maximum Gasteiger partial charge on any atom is 0.267 e. The quantitative estimate of drug-likeness (QED) is 0.888. The Morgan fingerprint density at radius 1 is 1.35 bits per heavy atom. The van der Waals surface area contributed by atoms with Gasteiger partial charge in [-0.1, -0.05) is 12.1 Å². The Hall–Kier alpha value is -2.37. The van der Waals surface area contributed by atoms with E-state index in [9.17, 15) is 9.59 Å². The minimum atomic E-state index is -0.236. The Kier molecular flexibility index (Phi) is 4.34. The van der Waals surface area contributed by atoms with Crippen LogP contribution in [0.4, 0.5) is 0 Å². The molecule has 106 valence electrons. The van der Waals surface area contributed by atoms with Crippen molar-refractivity contribution >= 4 is 17.5 Å². The molecule has 2 amide bonds. The van der Waals surface area contributed by atoms with Crippen LogP contribution < -0.4 is 10.1 Å². The lowest BCUT2D eigenvalue weighted by atomic mass is 10.1. The van der Waals surface area contributed by atoms with E-state index in [2.05, 4.69) is 10.4 Å². The molecule has 0 saturated heterocycles. The number of methoxy groups -OCH3 is 1. The molecule has 0 atom stereocenters. The van der Waals surface area contributed by atoms with Crippen LogP contribution in [-0.2, 0) is 16.1 Å². The molecule has 1 aromatic carbocycles. The van der Waals surface area contributed by atoms with E-state index in [1.165, 1.54) is 5.01 Å². The summed E-state index contributed by atoms with van der Waals surface area (Å²) in [5.74, 6) is 0.466. The average Bonchev–Trinajstić information content (AvgIpc) is 2.48. The van der Waals surface area contributed by atoms with Crippen LogP contribution in [0.25, 0.3) is 0 Å². The molecule has 0 aliphatic carbocycles. The molecule has 1 aromatic rings. The van der Waals surface area contributed by atoms with Crippen molar-refractivity contribution < 1.29 is 14.3 Å². The third-order valence-electron chi connectivity index (χ3n) is 3.08. The van der Waals surface area contributed by atoms with E-state index >= 15 is 0 Å². The van der Waals surface area contributed by atoms with Gasteiger partial charge in [-0.15, -0.1) is 0 Å².